The maximum atomic E-state index is 14.4. The number of pyridine rings is 2. The molecule has 0 spiro atoms. The molecule has 2 heterocycles. The van der Waals surface area contributed by atoms with Gasteiger partial charge < -0.3 is 9.80 Å². The minimum Gasteiger partial charge on any atom is -0.343 e. The van der Waals surface area contributed by atoms with Crippen molar-refractivity contribution in [1.29, 1.82) is 0 Å². The van der Waals surface area contributed by atoms with Crippen molar-refractivity contribution in [3.05, 3.63) is 162 Å². The number of amides is 2. The molecule has 1 atom stereocenters. The van der Waals surface area contributed by atoms with Gasteiger partial charge in [-0.1, -0.05) is 78.9 Å². The molecule has 3 aromatic carbocycles. The van der Waals surface area contributed by atoms with Gasteiger partial charge in [-0.2, -0.15) is 13.2 Å². The molecule has 262 valence electrons. The fourth-order valence-electron chi connectivity index (χ4n) is 5.60. The molecule has 2 amide bonds. The van der Waals surface area contributed by atoms with Gasteiger partial charge in [-0.15, -0.1) is 0 Å². The molecular formula is C41H40F3N5O2. The van der Waals surface area contributed by atoms with Crippen LogP contribution in [0.5, 0.6) is 0 Å². The van der Waals surface area contributed by atoms with Crippen molar-refractivity contribution in [2.75, 3.05) is 27.2 Å². The summed E-state index contributed by atoms with van der Waals surface area (Å²) in [5.74, 6) is -0.676. The molecule has 0 bridgehead atoms. The lowest BCUT2D eigenvalue weighted by atomic mass is 10.0. The largest absolute Gasteiger partial charge is 0.416 e. The lowest BCUT2D eigenvalue weighted by Gasteiger charge is -2.34. The Kier molecular flexibility index (Phi) is 12.5. The highest BCUT2D eigenvalue weighted by atomic mass is 19.4. The molecule has 0 unspecified atom stereocenters. The standard InChI is InChI=1S/C41H40F3N5O2/c1-47(30-36-12-6-8-24-45-36)26-27-48(2)40(51)38(28-32-10-4-3-5-11-32)49(29-33-14-19-34(20-15-33)37-13-7-9-25-46-37)39(50)23-18-31-16-21-35(22-17-31)41(42,43)44/h3-25,38H,26-30H2,1-2H3/t38-/m0/s1. The zero-order chi connectivity index (χ0) is 36.2. The smallest absolute Gasteiger partial charge is 0.343 e. The summed E-state index contributed by atoms with van der Waals surface area (Å²) in [6.45, 7) is 1.72. The summed E-state index contributed by atoms with van der Waals surface area (Å²) >= 11 is 0. The Bertz CT molecular complexity index is 1870. The lowest BCUT2D eigenvalue weighted by molar-refractivity contribution is -0.143. The number of likely N-dealkylation sites (N-methyl/N-ethyl adjacent to an activating group) is 2. The van der Waals surface area contributed by atoms with E-state index in [1.54, 1.807) is 29.2 Å². The first-order valence-corrected chi connectivity index (χ1v) is 16.6. The predicted octanol–water partition coefficient (Wildman–Crippen LogP) is 7.41. The number of nitrogens with zero attached hydrogens (tertiary/aromatic N) is 5. The first-order valence-electron chi connectivity index (χ1n) is 16.6. The molecule has 10 heteroatoms. The van der Waals surface area contributed by atoms with E-state index < -0.39 is 23.7 Å². The second kappa shape index (κ2) is 17.4. The van der Waals surface area contributed by atoms with Crippen molar-refractivity contribution in [1.82, 2.24) is 24.7 Å². The number of alkyl halides is 3. The molecule has 0 radical (unpaired) electrons. The van der Waals surface area contributed by atoms with Crippen LogP contribution in [0.3, 0.4) is 0 Å². The van der Waals surface area contributed by atoms with E-state index in [1.165, 1.54) is 24.3 Å². The van der Waals surface area contributed by atoms with E-state index in [0.717, 1.165) is 40.2 Å². The maximum Gasteiger partial charge on any atom is 0.416 e. The SMILES string of the molecule is CN(CCN(C)C(=O)[C@H](Cc1ccccc1)N(Cc1ccc(-c2ccccn2)cc1)C(=O)C=Cc1ccc(C(F)(F)F)cc1)Cc1ccccn1. The first-order chi connectivity index (χ1) is 24.6. The van der Waals surface area contributed by atoms with Crippen molar-refractivity contribution in [2.24, 2.45) is 0 Å². The number of hydrogen-bond acceptors (Lipinski definition) is 5. The van der Waals surface area contributed by atoms with Gasteiger partial charge in [0.15, 0.2) is 0 Å². The molecule has 7 nitrogen and oxygen atoms in total. The lowest BCUT2D eigenvalue weighted by Crippen LogP contribution is -2.51. The van der Waals surface area contributed by atoms with Gasteiger partial charge in [0.1, 0.15) is 6.04 Å². The van der Waals surface area contributed by atoms with E-state index in [4.69, 9.17) is 0 Å². The van der Waals surface area contributed by atoms with Crippen LogP contribution < -0.4 is 0 Å². The number of rotatable bonds is 14. The molecule has 5 rings (SSSR count). The molecule has 0 N–H and O–H groups in total. The summed E-state index contributed by atoms with van der Waals surface area (Å²) in [5, 5.41) is 0. The Morgan fingerprint density at radius 1 is 0.725 bits per heavy atom. The molecule has 2 aromatic heterocycles. The number of benzene rings is 3. The van der Waals surface area contributed by atoms with Crippen LogP contribution in [0.4, 0.5) is 13.2 Å². The van der Waals surface area contributed by atoms with Crippen molar-refractivity contribution in [3.63, 3.8) is 0 Å². The van der Waals surface area contributed by atoms with Crippen molar-refractivity contribution in [2.45, 2.75) is 31.7 Å². The fourth-order valence-corrected chi connectivity index (χ4v) is 5.60. The van der Waals surface area contributed by atoms with Gasteiger partial charge in [0.05, 0.1) is 17.0 Å². The molecule has 0 saturated heterocycles. The monoisotopic (exact) mass is 691 g/mol. The predicted molar refractivity (Wildman–Crippen MR) is 193 cm³/mol. The zero-order valence-electron chi connectivity index (χ0n) is 28.6. The summed E-state index contributed by atoms with van der Waals surface area (Å²) in [6, 6.07) is 32.3. The van der Waals surface area contributed by atoms with E-state index in [2.05, 4.69) is 14.9 Å². The van der Waals surface area contributed by atoms with Gasteiger partial charge in [0.25, 0.3) is 0 Å². The second-order valence-electron chi connectivity index (χ2n) is 12.4. The highest BCUT2D eigenvalue weighted by Crippen LogP contribution is 2.29. The summed E-state index contributed by atoms with van der Waals surface area (Å²) in [7, 11) is 3.70. The number of halogens is 3. The van der Waals surface area contributed by atoms with E-state index in [1.807, 2.05) is 98.0 Å². The Labute approximate surface area is 296 Å². The summed E-state index contributed by atoms with van der Waals surface area (Å²) in [5.41, 5.74) is 3.97. The van der Waals surface area contributed by atoms with E-state index in [0.29, 0.717) is 25.2 Å². The number of aromatic nitrogens is 2. The van der Waals surface area contributed by atoms with Crippen molar-refractivity contribution >= 4 is 17.9 Å². The number of carbonyl (C=O) groups excluding carboxylic acids is 2. The van der Waals surface area contributed by atoms with Gasteiger partial charge in [0, 0.05) is 63.7 Å². The topological polar surface area (TPSA) is 69.6 Å². The van der Waals surface area contributed by atoms with Crippen LogP contribution in [-0.4, -0.2) is 69.7 Å². The van der Waals surface area contributed by atoms with Crippen LogP contribution in [0, 0.1) is 0 Å². The molecule has 0 fully saturated rings. The average molecular weight is 692 g/mol. The third kappa shape index (κ3) is 10.7. The minimum atomic E-state index is -4.47. The Morgan fingerprint density at radius 2 is 1.39 bits per heavy atom. The molecule has 0 saturated carbocycles. The van der Waals surface area contributed by atoms with E-state index in [9.17, 15) is 22.8 Å². The highest BCUT2D eigenvalue weighted by Gasteiger charge is 2.32. The van der Waals surface area contributed by atoms with Crippen LogP contribution in [0.2, 0.25) is 0 Å². The molecule has 5 aromatic rings. The second-order valence-corrected chi connectivity index (χ2v) is 12.4. The summed E-state index contributed by atoms with van der Waals surface area (Å²) in [4.78, 5) is 42.6. The molecule has 0 aliphatic carbocycles. The first kappa shape index (κ1) is 36.7. The van der Waals surface area contributed by atoms with Gasteiger partial charge in [-0.25, -0.2) is 0 Å². The van der Waals surface area contributed by atoms with Gasteiger partial charge in [-0.3, -0.25) is 24.5 Å². The molecule has 0 aliphatic rings. The maximum absolute atomic E-state index is 14.4. The van der Waals surface area contributed by atoms with Crippen LogP contribution in [0.15, 0.2) is 134 Å². The molecule has 0 aliphatic heterocycles. The Morgan fingerprint density at radius 3 is 2.02 bits per heavy atom. The van der Waals surface area contributed by atoms with Gasteiger partial charge in [-0.05, 0) is 66.2 Å². The fraction of sp³-hybridized carbons (Fsp3) is 0.220. The highest BCUT2D eigenvalue weighted by molar-refractivity contribution is 5.95. The Hall–Kier alpha value is -5.61. The van der Waals surface area contributed by atoms with Gasteiger partial charge >= 0.3 is 6.18 Å². The molecule has 51 heavy (non-hydrogen) atoms. The third-order valence-electron chi connectivity index (χ3n) is 8.49. The number of carbonyl (C=O) groups is 2. The van der Waals surface area contributed by atoms with Crippen LogP contribution in [0.1, 0.15) is 27.9 Å². The van der Waals surface area contributed by atoms with Crippen molar-refractivity contribution < 1.29 is 22.8 Å². The third-order valence-corrected chi connectivity index (χ3v) is 8.49. The molecular weight excluding hydrogens is 651 g/mol. The van der Waals surface area contributed by atoms with E-state index in [-0.39, 0.29) is 18.9 Å². The van der Waals surface area contributed by atoms with Crippen molar-refractivity contribution in [3.8, 4) is 11.3 Å². The quantitative estimate of drug-likeness (QED) is 0.114. The average Bonchev–Trinajstić information content (AvgIpc) is 3.15. The summed E-state index contributed by atoms with van der Waals surface area (Å²) < 4.78 is 39.5. The number of hydrogen-bond donors (Lipinski definition) is 0. The summed E-state index contributed by atoms with van der Waals surface area (Å²) in [6.07, 6.45) is 2.05. The van der Waals surface area contributed by atoms with Crippen LogP contribution >= 0.6 is 0 Å². The van der Waals surface area contributed by atoms with E-state index >= 15 is 0 Å². The van der Waals surface area contributed by atoms with Crippen LogP contribution in [0.25, 0.3) is 17.3 Å². The minimum absolute atomic E-state index is 0.120. The van der Waals surface area contributed by atoms with Crippen LogP contribution in [-0.2, 0) is 35.3 Å². The normalized spacial score (nSPS) is 12.2. The van der Waals surface area contributed by atoms with Gasteiger partial charge in [0.2, 0.25) is 11.8 Å². The zero-order valence-corrected chi connectivity index (χ0v) is 28.6. The Balaban J connectivity index is 1.42.